The monoisotopic (exact) mass is 269 g/mol. The third-order valence-corrected chi connectivity index (χ3v) is 3.73. The topological polar surface area (TPSA) is 47.7 Å². The van der Waals surface area contributed by atoms with Crippen LogP contribution in [0.3, 0.4) is 0 Å². The molecule has 0 fully saturated rings. The number of nitrogens with zero attached hydrogens (tertiary/aromatic N) is 4. The number of imidazole rings is 2. The summed E-state index contributed by atoms with van der Waals surface area (Å²) in [6.45, 7) is 2.79. The molecule has 0 unspecified atom stereocenters. The van der Waals surface area contributed by atoms with E-state index in [-0.39, 0.29) is 0 Å². The minimum absolute atomic E-state index is 0.761. The van der Waals surface area contributed by atoms with Crippen LogP contribution in [0.4, 0.5) is 0 Å². The molecule has 0 atom stereocenters. The van der Waals surface area contributed by atoms with Gasteiger partial charge in [0.25, 0.3) is 0 Å². The molecular formula is C15H19N5. The normalized spacial score (nSPS) is 11.4. The van der Waals surface area contributed by atoms with Crippen molar-refractivity contribution in [3.63, 3.8) is 0 Å². The summed E-state index contributed by atoms with van der Waals surface area (Å²) in [6, 6.07) is 6.38. The second-order valence-corrected chi connectivity index (χ2v) is 5.10. The maximum atomic E-state index is 4.64. The Balaban J connectivity index is 2.19. The van der Waals surface area contributed by atoms with Gasteiger partial charge in [-0.25, -0.2) is 9.97 Å². The Kier molecular flexibility index (Phi) is 3.06. The Bertz CT molecular complexity index is 766. The third kappa shape index (κ3) is 1.91. The fraction of sp³-hybridized carbons (Fsp3) is 0.333. The first-order valence-electron chi connectivity index (χ1n) is 6.70. The molecular weight excluding hydrogens is 250 g/mol. The molecule has 0 saturated heterocycles. The minimum Gasteiger partial charge on any atom is -0.334 e. The predicted molar refractivity (Wildman–Crippen MR) is 80.4 cm³/mol. The van der Waals surface area contributed by atoms with Gasteiger partial charge in [0.1, 0.15) is 5.82 Å². The van der Waals surface area contributed by atoms with Crippen molar-refractivity contribution < 1.29 is 0 Å². The van der Waals surface area contributed by atoms with Crippen LogP contribution in [0.5, 0.6) is 0 Å². The molecule has 0 aliphatic heterocycles. The Morgan fingerprint density at radius 2 is 2.05 bits per heavy atom. The van der Waals surface area contributed by atoms with Gasteiger partial charge in [-0.2, -0.15) is 0 Å². The second-order valence-electron chi connectivity index (χ2n) is 5.10. The summed E-state index contributed by atoms with van der Waals surface area (Å²) >= 11 is 0. The average molecular weight is 269 g/mol. The lowest BCUT2D eigenvalue weighted by molar-refractivity contribution is 0.796. The minimum atomic E-state index is 0.761. The fourth-order valence-corrected chi connectivity index (χ4v) is 2.61. The molecule has 0 bridgehead atoms. The number of aromatic nitrogens is 4. The van der Waals surface area contributed by atoms with Gasteiger partial charge >= 0.3 is 0 Å². The molecule has 1 aromatic carbocycles. The lowest BCUT2D eigenvalue weighted by Gasteiger charge is -2.07. The van der Waals surface area contributed by atoms with Crippen LogP contribution in [-0.2, 0) is 20.6 Å². The van der Waals surface area contributed by atoms with Crippen molar-refractivity contribution in [1.82, 2.24) is 24.4 Å². The maximum Gasteiger partial charge on any atom is 0.106 e. The molecule has 0 radical (unpaired) electrons. The molecule has 104 valence electrons. The highest BCUT2D eigenvalue weighted by molar-refractivity contribution is 5.81. The van der Waals surface area contributed by atoms with Crippen molar-refractivity contribution >= 4 is 11.0 Å². The molecule has 3 aromatic rings. The Morgan fingerprint density at radius 3 is 2.80 bits per heavy atom. The van der Waals surface area contributed by atoms with E-state index in [1.54, 1.807) is 0 Å². The summed E-state index contributed by atoms with van der Waals surface area (Å²) < 4.78 is 4.17. The van der Waals surface area contributed by atoms with Crippen LogP contribution in [0, 0.1) is 6.92 Å². The zero-order chi connectivity index (χ0) is 14.3. The van der Waals surface area contributed by atoms with Crippen LogP contribution in [-0.4, -0.2) is 26.1 Å². The summed E-state index contributed by atoms with van der Waals surface area (Å²) in [5.41, 5.74) is 5.54. The van der Waals surface area contributed by atoms with Crippen LogP contribution in [0.25, 0.3) is 22.3 Å². The summed E-state index contributed by atoms with van der Waals surface area (Å²) in [6.07, 6.45) is 1.84. The van der Waals surface area contributed by atoms with E-state index >= 15 is 0 Å². The standard InChI is InChI=1S/C15H19N5/c1-10-18-13(8-16-2)15(20(10)4)11-5-6-14-12(7-11)17-9-19(14)3/h5-7,9,16H,8H2,1-4H3. The van der Waals surface area contributed by atoms with Crippen molar-refractivity contribution in [2.45, 2.75) is 13.5 Å². The van der Waals surface area contributed by atoms with E-state index in [1.807, 2.05) is 31.9 Å². The van der Waals surface area contributed by atoms with Gasteiger partial charge in [0.2, 0.25) is 0 Å². The smallest absolute Gasteiger partial charge is 0.106 e. The lowest BCUT2D eigenvalue weighted by Crippen LogP contribution is -2.07. The molecule has 5 nitrogen and oxygen atoms in total. The van der Waals surface area contributed by atoms with Gasteiger partial charge < -0.3 is 14.5 Å². The van der Waals surface area contributed by atoms with Crippen LogP contribution in [0.1, 0.15) is 11.5 Å². The number of hydrogen-bond acceptors (Lipinski definition) is 3. The maximum absolute atomic E-state index is 4.64. The van der Waals surface area contributed by atoms with Gasteiger partial charge in [0.15, 0.2) is 0 Å². The highest BCUT2D eigenvalue weighted by Crippen LogP contribution is 2.27. The zero-order valence-corrected chi connectivity index (χ0v) is 12.3. The highest BCUT2D eigenvalue weighted by Gasteiger charge is 2.14. The number of nitrogens with one attached hydrogen (secondary N) is 1. The molecule has 0 spiro atoms. The van der Waals surface area contributed by atoms with Crippen LogP contribution in [0.2, 0.25) is 0 Å². The van der Waals surface area contributed by atoms with Crippen molar-refractivity contribution in [2.24, 2.45) is 14.1 Å². The molecule has 2 aromatic heterocycles. The molecule has 0 amide bonds. The molecule has 2 heterocycles. The van der Waals surface area contributed by atoms with Crippen LogP contribution < -0.4 is 5.32 Å². The largest absolute Gasteiger partial charge is 0.334 e. The highest BCUT2D eigenvalue weighted by atomic mass is 15.1. The van der Waals surface area contributed by atoms with E-state index in [0.717, 1.165) is 40.4 Å². The molecule has 3 rings (SSSR count). The van der Waals surface area contributed by atoms with Gasteiger partial charge in [0, 0.05) is 26.2 Å². The van der Waals surface area contributed by atoms with E-state index in [2.05, 4.69) is 45.1 Å². The van der Waals surface area contributed by atoms with Gasteiger partial charge in [-0.3, -0.25) is 0 Å². The quantitative estimate of drug-likeness (QED) is 0.791. The van der Waals surface area contributed by atoms with Crippen molar-refractivity contribution in [1.29, 1.82) is 0 Å². The van der Waals surface area contributed by atoms with E-state index in [1.165, 1.54) is 0 Å². The Hall–Kier alpha value is -2.14. The van der Waals surface area contributed by atoms with E-state index in [0.29, 0.717) is 0 Å². The molecule has 5 heteroatoms. The molecule has 1 N–H and O–H groups in total. The van der Waals surface area contributed by atoms with Crippen LogP contribution >= 0.6 is 0 Å². The molecule has 20 heavy (non-hydrogen) atoms. The Labute approximate surface area is 118 Å². The van der Waals surface area contributed by atoms with Gasteiger partial charge in [-0.15, -0.1) is 0 Å². The van der Waals surface area contributed by atoms with Crippen molar-refractivity contribution in [2.75, 3.05) is 7.05 Å². The van der Waals surface area contributed by atoms with Crippen molar-refractivity contribution in [3.05, 3.63) is 36.0 Å². The first-order chi connectivity index (χ1) is 9.61. The van der Waals surface area contributed by atoms with E-state index in [4.69, 9.17) is 0 Å². The van der Waals surface area contributed by atoms with Gasteiger partial charge in [0.05, 0.1) is 28.7 Å². The van der Waals surface area contributed by atoms with E-state index < -0.39 is 0 Å². The summed E-state index contributed by atoms with van der Waals surface area (Å²) in [4.78, 5) is 9.07. The average Bonchev–Trinajstić information content (AvgIpc) is 2.92. The second kappa shape index (κ2) is 4.76. The van der Waals surface area contributed by atoms with Gasteiger partial charge in [-0.05, 0) is 26.1 Å². The Morgan fingerprint density at radius 1 is 1.25 bits per heavy atom. The molecule has 0 saturated carbocycles. The van der Waals surface area contributed by atoms with Crippen molar-refractivity contribution in [3.8, 4) is 11.3 Å². The molecule has 0 aliphatic rings. The number of rotatable bonds is 3. The molecule has 0 aliphatic carbocycles. The fourth-order valence-electron chi connectivity index (χ4n) is 2.61. The number of hydrogen-bond donors (Lipinski definition) is 1. The lowest BCUT2D eigenvalue weighted by atomic mass is 10.1. The predicted octanol–water partition coefficient (Wildman–Crippen LogP) is 2.00. The number of benzene rings is 1. The van der Waals surface area contributed by atoms with E-state index in [9.17, 15) is 0 Å². The third-order valence-electron chi connectivity index (χ3n) is 3.73. The first kappa shape index (κ1) is 12.9. The van der Waals surface area contributed by atoms with Gasteiger partial charge in [-0.1, -0.05) is 6.07 Å². The van der Waals surface area contributed by atoms with Crippen LogP contribution in [0.15, 0.2) is 24.5 Å². The summed E-state index contributed by atoms with van der Waals surface area (Å²) in [5, 5.41) is 3.18. The number of aryl methyl sites for hydroxylation is 2. The summed E-state index contributed by atoms with van der Waals surface area (Å²) in [7, 11) is 6.00. The zero-order valence-electron chi connectivity index (χ0n) is 12.3. The first-order valence-corrected chi connectivity index (χ1v) is 6.70. The summed E-state index contributed by atoms with van der Waals surface area (Å²) in [5.74, 6) is 1.02. The number of fused-ring (bicyclic) bond motifs is 1. The SMILES string of the molecule is CNCc1nc(C)n(C)c1-c1ccc2c(c1)ncn2C.